The van der Waals surface area contributed by atoms with Gasteiger partial charge in [0, 0.05) is 12.4 Å². The minimum atomic E-state index is -1.06. The number of benzene rings is 2. The van der Waals surface area contributed by atoms with E-state index in [1.807, 2.05) is 62.4 Å². The first-order valence-corrected chi connectivity index (χ1v) is 11.3. The Morgan fingerprint density at radius 3 is 2.00 bits per heavy atom. The second-order valence-electron chi connectivity index (χ2n) is 8.89. The molecule has 0 saturated carbocycles. The van der Waals surface area contributed by atoms with Crippen molar-refractivity contribution in [3.63, 3.8) is 0 Å². The number of hydrogen-bond acceptors (Lipinski definition) is 3. The van der Waals surface area contributed by atoms with E-state index in [0.717, 1.165) is 22.3 Å². The summed E-state index contributed by atoms with van der Waals surface area (Å²) in [6.45, 7) is 5.65. The number of nitrogens with zero attached hydrogens (tertiary/aromatic N) is 1. The number of carbonyl (C=O) groups is 2. The Labute approximate surface area is 194 Å². The minimum Gasteiger partial charge on any atom is -0.481 e. The van der Waals surface area contributed by atoms with Crippen LogP contribution in [0.5, 0.6) is 0 Å². The van der Waals surface area contributed by atoms with Crippen LogP contribution in [0.2, 0.25) is 0 Å². The highest BCUT2D eigenvalue weighted by molar-refractivity contribution is 5.85. The topological polar surface area (TPSA) is 91.6 Å². The number of hydrogen-bond donors (Lipinski definition) is 3. The second kappa shape index (κ2) is 11.0. The largest absolute Gasteiger partial charge is 0.481 e. The van der Waals surface area contributed by atoms with Gasteiger partial charge in [-0.25, -0.2) is 0 Å². The van der Waals surface area contributed by atoms with E-state index >= 15 is 0 Å². The van der Waals surface area contributed by atoms with Crippen LogP contribution in [0.1, 0.15) is 39.7 Å². The summed E-state index contributed by atoms with van der Waals surface area (Å²) >= 11 is 0. The van der Waals surface area contributed by atoms with E-state index in [0.29, 0.717) is 6.42 Å². The van der Waals surface area contributed by atoms with Crippen molar-refractivity contribution in [3.05, 3.63) is 73.1 Å². The number of nitrogens with one attached hydrogen (secondary N) is 1. The summed E-state index contributed by atoms with van der Waals surface area (Å²) in [6, 6.07) is 18.7. The lowest BCUT2D eigenvalue weighted by Crippen LogP contribution is -2.46. The van der Waals surface area contributed by atoms with E-state index in [4.69, 9.17) is 0 Å². The number of rotatable bonds is 10. The maximum Gasteiger partial charge on any atom is 0.306 e. The number of carboxylic acids is 1. The van der Waals surface area contributed by atoms with Crippen molar-refractivity contribution in [1.82, 2.24) is 9.88 Å². The molecule has 3 unspecified atom stereocenters. The Kier molecular flexibility index (Phi) is 8.06. The molecule has 0 aliphatic carbocycles. The first kappa shape index (κ1) is 24.3. The lowest BCUT2D eigenvalue weighted by molar-refractivity contribution is -0.141. The van der Waals surface area contributed by atoms with Gasteiger partial charge in [0.15, 0.2) is 0 Å². The van der Waals surface area contributed by atoms with Crippen molar-refractivity contribution in [1.29, 1.82) is 0 Å². The van der Waals surface area contributed by atoms with Gasteiger partial charge in [-0.3, -0.25) is 9.59 Å². The molecular formula is C27H32N2O4. The van der Waals surface area contributed by atoms with E-state index in [2.05, 4.69) is 17.4 Å². The van der Waals surface area contributed by atoms with Gasteiger partial charge in [-0.15, -0.1) is 0 Å². The molecular weight excluding hydrogens is 416 g/mol. The normalized spacial score (nSPS) is 14.0. The second-order valence-corrected chi connectivity index (χ2v) is 8.89. The Balaban J connectivity index is 1.80. The maximum absolute atomic E-state index is 13.0. The summed E-state index contributed by atoms with van der Waals surface area (Å²) in [6.07, 6.45) is 3.05. The van der Waals surface area contributed by atoms with Gasteiger partial charge in [-0.1, -0.05) is 68.4 Å². The molecule has 0 aliphatic rings. The fourth-order valence-electron chi connectivity index (χ4n) is 3.93. The fraction of sp³-hybridized carbons (Fsp3) is 0.333. The molecule has 0 saturated heterocycles. The Morgan fingerprint density at radius 2 is 1.45 bits per heavy atom. The third-order valence-electron chi connectivity index (χ3n) is 5.71. The predicted molar refractivity (Wildman–Crippen MR) is 130 cm³/mol. The highest BCUT2D eigenvalue weighted by Gasteiger charge is 2.27. The predicted octanol–water partition coefficient (Wildman–Crippen LogP) is 4.75. The van der Waals surface area contributed by atoms with E-state index in [9.17, 15) is 19.8 Å². The Hall–Kier alpha value is -3.38. The zero-order chi connectivity index (χ0) is 24.0. The maximum atomic E-state index is 13.0. The van der Waals surface area contributed by atoms with E-state index in [1.165, 1.54) is 0 Å². The summed E-state index contributed by atoms with van der Waals surface area (Å²) < 4.78 is 1.64. The smallest absolute Gasteiger partial charge is 0.306 e. The Bertz CT molecular complexity index is 1060. The van der Waals surface area contributed by atoms with Gasteiger partial charge in [-0.2, -0.15) is 0 Å². The van der Waals surface area contributed by atoms with Gasteiger partial charge >= 0.3 is 5.97 Å². The molecule has 3 aromatic rings. The molecule has 6 nitrogen and oxygen atoms in total. The summed E-state index contributed by atoms with van der Waals surface area (Å²) in [4.78, 5) is 24.5. The van der Waals surface area contributed by atoms with E-state index < -0.39 is 30.1 Å². The number of aliphatic hydroxyl groups is 1. The molecule has 174 valence electrons. The van der Waals surface area contributed by atoms with Crippen molar-refractivity contribution in [2.45, 2.75) is 51.8 Å². The molecule has 0 aliphatic heterocycles. The molecule has 3 atom stereocenters. The van der Waals surface area contributed by atoms with Crippen molar-refractivity contribution in [2.75, 3.05) is 0 Å². The van der Waals surface area contributed by atoms with Crippen LogP contribution >= 0.6 is 0 Å². The molecule has 2 aromatic carbocycles. The third kappa shape index (κ3) is 6.56. The molecule has 0 spiro atoms. The first-order valence-electron chi connectivity index (χ1n) is 11.3. The van der Waals surface area contributed by atoms with Crippen molar-refractivity contribution in [2.24, 2.45) is 5.92 Å². The first-order chi connectivity index (χ1) is 15.7. The van der Waals surface area contributed by atoms with Gasteiger partial charge in [0.25, 0.3) is 0 Å². The molecule has 0 fully saturated rings. The van der Waals surface area contributed by atoms with Crippen LogP contribution in [0.15, 0.2) is 73.1 Å². The van der Waals surface area contributed by atoms with Crippen molar-refractivity contribution >= 4 is 11.9 Å². The monoisotopic (exact) mass is 448 g/mol. The summed E-state index contributed by atoms with van der Waals surface area (Å²) in [5.74, 6) is -1.19. The average molecular weight is 449 g/mol. The summed E-state index contributed by atoms with van der Waals surface area (Å²) in [7, 11) is 0. The summed E-state index contributed by atoms with van der Waals surface area (Å²) in [5.41, 5.74) is 4.11. The molecule has 1 heterocycles. The van der Waals surface area contributed by atoms with Crippen LogP contribution in [0.3, 0.4) is 0 Å². The van der Waals surface area contributed by atoms with Crippen LogP contribution < -0.4 is 5.32 Å². The van der Waals surface area contributed by atoms with Crippen LogP contribution in [-0.4, -0.2) is 38.8 Å². The molecule has 1 aromatic heterocycles. The number of amides is 1. The van der Waals surface area contributed by atoms with Gasteiger partial charge in [0.2, 0.25) is 5.91 Å². The fourth-order valence-corrected chi connectivity index (χ4v) is 3.93. The van der Waals surface area contributed by atoms with Gasteiger partial charge in [0.05, 0.1) is 18.6 Å². The van der Waals surface area contributed by atoms with Crippen LogP contribution in [0.25, 0.3) is 22.3 Å². The number of aliphatic hydroxyl groups excluding tert-OH is 1. The highest BCUT2D eigenvalue weighted by atomic mass is 16.4. The molecule has 3 rings (SSSR count). The molecule has 6 heteroatoms. The number of carboxylic acid groups (broad SMARTS) is 1. The van der Waals surface area contributed by atoms with E-state index in [1.54, 1.807) is 23.9 Å². The molecule has 33 heavy (non-hydrogen) atoms. The Morgan fingerprint density at radius 1 is 0.879 bits per heavy atom. The zero-order valence-corrected chi connectivity index (χ0v) is 19.3. The number of aliphatic carboxylic acids is 1. The average Bonchev–Trinajstić information content (AvgIpc) is 3.27. The summed E-state index contributed by atoms with van der Waals surface area (Å²) in [5, 5.41) is 22.3. The quantitative estimate of drug-likeness (QED) is 0.417. The van der Waals surface area contributed by atoms with Gasteiger partial charge in [0.1, 0.15) is 6.04 Å². The zero-order valence-electron chi connectivity index (χ0n) is 19.3. The standard InChI is InChI=1S/C27H32N2O4/c1-18(2)15-24(19(3)30)28-27(33)25(16-26(31)32)29-14-13-23(17-29)22-11-9-21(10-12-22)20-7-5-4-6-8-20/h4-14,17-19,24-25,30H,15-16H2,1-3H3,(H,28,33)(H,31,32). The van der Waals surface area contributed by atoms with Crippen molar-refractivity contribution < 1.29 is 19.8 Å². The van der Waals surface area contributed by atoms with Crippen LogP contribution in [0.4, 0.5) is 0 Å². The van der Waals surface area contributed by atoms with E-state index in [-0.39, 0.29) is 12.3 Å². The molecule has 0 radical (unpaired) electrons. The molecule has 0 bridgehead atoms. The van der Waals surface area contributed by atoms with Crippen molar-refractivity contribution in [3.8, 4) is 22.3 Å². The lowest BCUT2D eigenvalue weighted by atomic mass is 9.99. The number of carbonyl (C=O) groups excluding carboxylic acids is 1. The third-order valence-corrected chi connectivity index (χ3v) is 5.71. The number of aromatic nitrogens is 1. The SMILES string of the molecule is CC(C)CC(NC(=O)C(CC(=O)O)n1ccc(-c2ccc(-c3ccccc3)cc2)c1)C(C)O. The molecule has 1 amide bonds. The molecule has 3 N–H and O–H groups in total. The van der Waals surface area contributed by atoms with Gasteiger partial charge < -0.3 is 20.1 Å². The lowest BCUT2D eigenvalue weighted by Gasteiger charge is -2.26. The highest BCUT2D eigenvalue weighted by Crippen LogP contribution is 2.27. The van der Waals surface area contributed by atoms with Crippen LogP contribution in [0, 0.1) is 5.92 Å². The minimum absolute atomic E-state index is 0.278. The van der Waals surface area contributed by atoms with Crippen LogP contribution in [-0.2, 0) is 9.59 Å². The van der Waals surface area contributed by atoms with Gasteiger partial charge in [-0.05, 0) is 47.6 Å².